The number of carbonyl (C=O) groups is 3. The summed E-state index contributed by atoms with van der Waals surface area (Å²) >= 11 is 0. The lowest BCUT2D eigenvalue weighted by atomic mass is 9.57. The molecule has 3 aliphatic carbocycles. The van der Waals surface area contributed by atoms with Gasteiger partial charge in [-0.25, -0.2) is 0 Å². The van der Waals surface area contributed by atoms with Gasteiger partial charge < -0.3 is 25.7 Å². The first-order chi connectivity index (χ1) is 18.1. The third-order valence-electron chi connectivity index (χ3n) is 8.57. The Morgan fingerprint density at radius 2 is 1.82 bits per heavy atom. The normalized spacial score (nSPS) is 27.1. The van der Waals surface area contributed by atoms with Crippen LogP contribution in [0.15, 0.2) is 29.0 Å². The van der Waals surface area contributed by atoms with Gasteiger partial charge in [-0.1, -0.05) is 33.3 Å². The first-order valence-electron chi connectivity index (χ1n) is 13.6. The van der Waals surface area contributed by atoms with Gasteiger partial charge in [0.25, 0.3) is 5.91 Å². The molecule has 0 bridgehead atoms. The molecule has 5 N–H and O–H groups in total. The number of phenolic OH excluding ortho intramolecular Hbond substituents is 1. The van der Waals surface area contributed by atoms with Gasteiger partial charge in [-0.05, 0) is 76.2 Å². The van der Waals surface area contributed by atoms with E-state index in [2.05, 4.69) is 5.32 Å². The number of likely N-dealkylation sites (N-methyl/N-ethyl adjacent to an activating group) is 1. The van der Waals surface area contributed by atoms with Gasteiger partial charge in [0.1, 0.15) is 22.8 Å². The predicted molar refractivity (Wildman–Crippen MR) is 146 cm³/mol. The monoisotopic (exact) mass is 540 g/mol. The van der Waals surface area contributed by atoms with E-state index in [9.17, 15) is 34.8 Å². The SMILES string of the molecule is CCCC(C)(C)NC(=O)C1=C(O)[C@]2(O)C(=O)C3=C(O)c4c(O)ccc(C(C)C)c4C[C@@H]3C[C@@H]2[C@@H](N(C)C)C1=O. The van der Waals surface area contributed by atoms with Crippen LogP contribution in [0.1, 0.15) is 76.5 Å². The van der Waals surface area contributed by atoms with Gasteiger partial charge in [-0.15, -0.1) is 0 Å². The molecule has 1 fully saturated rings. The van der Waals surface area contributed by atoms with Crippen molar-refractivity contribution in [3.63, 3.8) is 0 Å². The average Bonchev–Trinajstić information content (AvgIpc) is 2.80. The van der Waals surface area contributed by atoms with Crippen LogP contribution in [0.4, 0.5) is 0 Å². The van der Waals surface area contributed by atoms with E-state index in [-0.39, 0.29) is 29.2 Å². The highest BCUT2D eigenvalue weighted by Crippen LogP contribution is 2.53. The number of aliphatic hydroxyl groups is 3. The lowest BCUT2D eigenvalue weighted by Crippen LogP contribution is -2.66. The third-order valence-corrected chi connectivity index (χ3v) is 8.57. The van der Waals surface area contributed by atoms with Crippen molar-refractivity contribution in [3.05, 3.63) is 45.7 Å². The van der Waals surface area contributed by atoms with E-state index in [0.717, 1.165) is 17.5 Å². The molecule has 0 radical (unpaired) electrons. The molecular weight excluding hydrogens is 500 g/mol. The number of amides is 1. The Balaban J connectivity index is 1.92. The smallest absolute Gasteiger partial charge is 0.258 e. The second kappa shape index (κ2) is 9.78. The van der Waals surface area contributed by atoms with E-state index in [4.69, 9.17) is 0 Å². The molecule has 1 saturated carbocycles. The van der Waals surface area contributed by atoms with E-state index in [1.165, 1.54) is 6.07 Å². The highest BCUT2D eigenvalue weighted by Gasteiger charge is 2.64. The van der Waals surface area contributed by atoms with Gasteiger partial charge in [0.2, 0.25) is 5.78 Å². The third kappa shape index (κ3) is 4.36. The molecule has 0 aromatic heterocycles. The van der Waals surface area contributed by atoms with Crippen LogP contribution in [0.25, 0.3) is 5.76 Å². The van der Waals surface area contributed by atoms with Crippen LogP contribution in [0, 0.1) is 11.8 Å². The first-order valence-corrected chi connectivity index (χ1v) is 13.6. The number of phenols is 1. The van der Waals surface area contributed by atoms with Crippen molar-refractivity contribution >= 4 is 23.2 Å². The largest absolute Gasteiger partial charge is 0.508 e. The number of Topliss-reactive ketones (excluding diaryl/α,β-unsaturated/α-hetero) is 2. The van der Waals surface area contributed by atoms with Gasteiger partial charge in [0.15, 0.2) is 11.4 Å². The zero-order valence-electron chi connectivity index (χ0n) is 23.8. The fraction of sp³-hybridized carbons (Fsp3) is 0.567. The van der Waals surface area contributed by atoms with Crippen LogP contribution in [0.2, 0.25) is 0 Å². The Kier molecular flexibility index (Phi) is 7.23. The Bertz CT molecular complexity index is 1310. The number of fused-ring (bicyclic) bond motifs is 3. The number of hydrogen-bond acceptors (Lipinski definition) is 8. The minimum Gasteiger partial charge on any atom is -0.508 e. The molecule has 9 nitrogen and oxygen atoms in total. The van der Waals surface area contributed by atoms with E-state index in [1.54, 1.807) is 38.9 Å². The second-order valence-electron chi connectivity index (χ2n) is 12.4. The van der Waals surface area contributed by atoms with Crippen molar-refractivity contribution in [1.82, 2.24) is 10.2 Å². The van der Waals surface area contributed by atoms with Gasteiger partial charge in [0.05, 0.1) is 11.6 Å². The fourth-order valence-corrected chi connectivity index (χ4v) is 6.85. The maximum Gasteiger partial charge on any atom is 0.258 e. The molecule has 0 heterocycles. The maximum atomic E-state index is 14.1. The molecular formula is C30H40N2O7. The standard InChI is InChI=1S/C30H40N2O7/c1-8-11-29(4,5)31-28(38)22-25(35)23(32(6)7)18-13-15-12-17-16(14(2)3)9-10-19(33)21(17)24(34)20(15)26(36)30(18,39)27(22)37/h9-10,14-15,18,23,33-34,37,39H,8,11-13H2,1-7H3,(H,31,38)/t15-,18-,23-,30-/m1/s1. The van der Waals surface area contributed by atoms with E-state index in [1.807, 2.05) is 20.8 Å². The zero-order valence-corrected chi connectivity index (χ0v) is 23.8. The Hall–Kier alpha value is -3.17. The Morgan fingerprint density at radius 1 is 1.18 bits per heavy atom. The number of hydrogen-bond donors (Lipinski definition) is 5. The fourth-order valence-electron chi connectivity index (χ4n) is 6.85. The van der Waals surface area contributed by atoms with E-state index >= 15 is 0 Å². The van der Waals surface area contributed by atoms with Gasteiger partial charge >= 0.3 is 0 Å². The quantitative estimate of drug-likeness (QED) is 0.345. The highest BCUT2D eigenvalue weighted by molar-refractivity contribution is 6.25. The Labute approximate surface area is 229 Å². The van der Waals surface area contributed by atoms with Crippen molar-refractivity contribution in [2.45, 2.75) is 83.4 Å². The van der Waals surface area contributed by atoms with Gasteiger partial charge in [-0.2, -0.15) is 0 Å². The van der Waals surface area contributed by atoms with Gasteiger partial charge in [-0.3, -0.25) is 19.3 Å². The summed E-state index contributed by atoms with van der Waals surface area (Å²) in [6.45, 7) is 9.51. The molecule has 9 heteroatoms. The molecule has 1 aromatic carbocycles. The highest BCUT2D eigenvalue weighted by atomic mass is 16.3. The van der Waals surface area contributed by atoms with Crippen molar-refractivity contribution < 1.29 is 34.8 Å². The summed E-state index contributed by atoms with van der Waals surface area (Å²) in [4.78, 5) is 42.8. The van der Waals surface area contributed by atoms with Crippen molar-refractivity contribution in [2.24, 2.45) is 11.8 Å². The summed E-state index contributed by atoms with van der Waals surface area (Å²) in [5.41, 5.74) is -2.29. The minimum atomic E-state index is -2.60. The molecule has 0 saturated heterocycles. The molecule has 212 valence electrons. The molecule has 39 heavy (non-hydrogen) atoms. The Morgan fingerprint density at radius 3 is 2.38 bits per heavy atom. The number of nitrogens with one attached hydrogen (secondary N) is 1. The molecule has 0 unspecified atom stereocenters. The molecule has 4 atom stereocenters. The number of ketones is 2. The average molecular weight is 541 g/mol. The van der Waals surface area contributed by atoms with Crippen LogP contribution in [0.5, 0.6) is 5.75 Å². The first kappa shape index (κ1) is 28.8. The number of carbonyl (C=O) groups excluding carboxylic acids is 3. The maximum absolute atomic E-state index is 14.1. The molecule has 4 rings (SSSR count). The number of aromatic hydroxyl groups is 1. The lowest BCUT2D eigenvalue weighted by Gasteiger charge is -2.50. The van der Waals surface area contributed by atoms with Crippen LogP contribution in [0.3, 0.4) is 0 Å². The summed E-state index contributed by atoms with van der Waals surface area (Å²) in [5.74, 6) is -5.66. The molecule has 0 aliphatic heterocycles. The van der Waals surface area contributed by atoms with Gasteiger partial charge in [0, 0.05) is 17.0 Å². The van der Waals surface area contributed by atoms with Crippen LogP contribution < -0.4 is 5.32 Å². The summed E-state index contributed by atoms with van der Waals surface area (Å²) in [7, 11) is 3.25. The van der Waals surface area contributed by atoms with Crippen LogP contribution in [-0.4, -0.2) is 74.1 Å². The molecule has 1 amide bonds. The minimum absolute atomic E-state index is 0.0840. The predicted octanol–water partition coefficient (Wildman–Crippen LogP) is 3.30. The zero-order chi connectivity index (χ0) is 29.2. The van der Waals surface area contributed by atoms with E-state index in [0.29, 0.717) is 12.8 Å². The van der Waals surface area contributed by atoms with Crippen LogP contribution in [-0.2, 0) is 20.8 Å². The summed E-state index contributed by atoms with van der Waals surface area (Å²) < 4.78 is 0. The topological polar surface area (TPSA) is 147 Å². The van der Waals surface area contributed by atoms with Crippen molar-refractivity contribution in [2.75, 3.05) is 14.1 Å². The summed E-state index contributed by atoms with van der Waals surface area (Å²) in [6, 6.07) is 2.20. The van der Waals surface area contributed by atoms with E-state index < -0.39 is 63.6 Å². The number of rotatable bonds is 6. The molecule has 3 aliphatic rings. The second-order valence-corrected chi connectivity index (χ2v) is 12.4. The molecule has 1 aromatic rings. The van der Waals surface area contributed by atoms with Crippen molar-refractivity contribution in [1.29, 1.82) is 0 Å². The molecule has 0 spiro atoms. The number of aliphatic hydroxyl groups excluding tert-OH is 2. The summed E-state index contributed by atoms with van der Waals surface area (Å²) in [6.07, 6.45) is 1.78. The number of nitrogens with zero attached hydrogens (tertiary/aromatic N) is 1. The summed E-state index contributed by atoms with van der Waals surface area (Å²) in [5, 5.41) is 48.1. The van der Waals surface area contributed by atoms with Crippen LogP contribution >= 0.6 is 0 Å². The van der Waals surface area contributed by atoms with Crippen molar-refractivity contribution in [3.8, 4) is 5.75 Å². The lowest BCUT2D eigenvalue weighted by molar-refractivity contribution is -0.153. The number of benzene rings is 1.